The summed E-state index contributed by atoms with van der Waals surface area (Å²) in [6.45, 7) is 2.97. The van der Waals surface area contributed by atoms with Gasteiger partial charge >= 0.3 is 0 Å². The van der Waals surface area contributed by atoms with E-state index in [2.05, 4.69) is 20.2 Å². The van der Waals surface area contributed by atoms with Crippen molar-refractivity contribution in [2.75, 3.05) is 36.4 Å². The molecule has 6 nitrogen and oxygen atoms in total. The summed E-state index contributed by atoms with van der Waals surface area (Å²) in [5, 5.41) is 3.58. The highest BCUT2D eigenvalue weighted by molar-refractivity contribution is 5.93. The van der Waals surface area contributed by atoms with Crippen LogP contribution in [0.3, 0.4) is 0 Å². The Morgan fingerprint density at radius 1 is 0.963 bits per heavy atom. The van der Waals surface area contributed by atoms with Crippen molar-refractivity contribution in [3.05, 3.63) is 48.4 Å². The molecule has 2 aliphatic rings. The molecule has 1 aliphatic carbocycles. The normalized spacial score (nSPS) is 18.4. The van der Waals surface area contributed by atoms with Crippen LogP contribution >= 0.6 is 0 Å². The Morgan fingerprint density at radius 2 is 1.78 bits per heavy atom. The van der Waals surface area contributed by atoms with Crippen LogP contribution in [0, 0.1) is 0 Å². The van der Waals surface area contributed by atoms with E-state index >= 15 is 0 Å². The molecule has 0 aromatic carbocycles. The molecular formula is C21H27N5O. The third-order valence-corrected chi connectivity index (χ3v) is 5.50. The molecule has 0 spiro atoms. The van der Waals surface area contributed by atoms with Gasteiger partial charge in [0, 0.05) is 50.3 Å². The van der Waals surface area contributed by atoms with Crippen molar-refractivity contribution < 1.29 is 4.79 Å². The van der Waals surface area contributed by atoms with Crippen LogP contribution in [0.5, 0.6) is 0 Å². The summed E-state index contributed by atoms with van der Waals surface area (Å²) < 4.78 is 0. The van der Waals surface area contributed by atoms with Gasteiger partial charge in [0.05, 0.1) is 0 Å². The van der Waals surface area contributed by atoms with Gasteiger partial charge < -0.3 is 15.1 Å². The van der Waals surface area contributed by atoms with Gasteiger partial charge in [-0.2, -0.15) is 0 Å². The van der Waals surface area contributed by atoms with E-state index in [-0.39, 0.29) is 5.91 Å². The number of hydrogen-bond donors (Lipinski definition) is 1. The first-order chi connectivity index (χ1) is 13.3. The first-order valence-corrected chi connectivity index (χ1v) is 9.97. The molecule has 3 heterocycles. The number of nitrogens with zero attached hydrogens (tertiary/aromatic N) is 4. The van der Waals surface area contributed by atoms with Crippen LogP contribution in [0.1, 0.15) is 42.6 Å². The molecule has 6 heteroatoms. The van der Waals surface area contributed by atoms with Gasteiger partial charge in [-0.25, -0.2) is 4.98 Å². The molecular weight excluding hydrogens is 338 g/mol. The zero-order valence-electron chi connectivity index (χ0n) is 15.7. The van der Waals surface area contributed by atoms with Crippen LogP contribution in [-0.4, -0.2) is 53.0 Å². The second-order valence-corrected chi connectivity index (χ2v) is 7.38. The van der Waals surface area contributed by atoms with Gasteiger partial charge in [0.25, 0.3) is 5.91 Å². The molecule has 0 unspecified atom stereocenters. The molecule has 142 valence electrons. The largest absolute Gasteiger partial charge is 0.382 e. The van der Waals surface area contributed by atoms with Gasteiger partial charge in [0.2, 0.25) is 0 Å². The maximum Gasteiger partial charge on any atom is 0.272 e. The van der Waals surface area contributed by atoms with E-state index in [9.17, 15) is 4.79 Å². The Hall–Kier alpha value is -2.63. The average Bonchev–Trinajstić information content (AvgIpc) is 2.75. The summed E-state index contributed by atoms with van der Waals surface area (Å²) in [7, 11) is 0. The summed E-state index contributed by atoms with van der Waals surface area (Å²) in [6, 6.07) is 10.3. The van der Waals surface area contributed by atoms with Crippen LogP contribution in [0.2, 0.25) is 0 Å². The molecule has 2 aromatic heterocycles. The van der Waals surface area contributed by atoms with E-state index in [4.69, 9.17) is 0 Å². The number of piperazine rings is 1. The van der Waals surface area contributed by atoms with Crippen LogP contribution in [-0.2, 0) is 0 Å². The summed E-state index contributed by atoms with van der Waals surface area (Å²) in [4.78, 5) is 25.7. The van der Waals surface area contributed by atoms with E-state index in [0.717, 1.165) is 24.6 Å². The van der Waals surface area contributed by atoms with E-state index < -0.39 is 0 Å². The predicted molar refractivity (Wildman–Crippen MR) is 107 cm³/mol. The minimum absolute atomic E-state index is 0.0166. The highest BCUT2D eigenvalue weighted by Gasteiger charge is 2.24. The first kappa shape index (κ1) is 17.8. The standard InChI is InChI=1S/C21H27N5O/c27-21(26-14-12-25(13-15-26)20-8-4-5-10-23-20)19-16-18(9-11-22-19)24-17-6-2-1-3-7-17/h4-5,8-11,16-17H,1-3,6-7,12-15H2,(H,22,24). The van der Waals surface area contributed by atoms with Gasteiger partial charge in [-0.1, -0.05) is 25.3 Å². The molecule has 0 radical (unpaired) electrons. The number of anilines is 2. The number of carbonyl (C=O) groups is 1. The van der Waals surface area contributed by atoms with Crippen LogP contribution in [0.25, 0.3) is 0 Å². The lowest BCUT2D eigenvalue weighted by molar-refractivity contribution is 0.0740. The summed E-state index contributed by atoms with van der Waals surface area (Å²) in [5.74, 6) is 0.990. The Kier molecular flexibility index (Phi) is 5.51. The number of nitrogens with one attached hydrogen (secondary N) is 1. The topological polar surface area (TPSA) is 61.4 Å². The molecule has 2 aromatic rings. The molecule has 1 saturated heterocycles. The third-order valence-electron chi connectivity index (χ3n) is 5.50. The lowest BCUT2D eigenvalue weighted by atomic mass is 9.95. The van der Waals surface area contributed by atoms with Gasteiger partial charge in [-0.05, 0) is 37.1 Å². The zero-order valence-corrected chi connectivity index (χ0v) is 15.7. The highest BCUT2D eigenvalue weighted by atomic mass is 16.2. The molecule has 27 heavy (non-hydrogen) atoms. The molecule has 4 rings (SSSR count). The fourth-order valence-corrected chi connectivity index (χ4v) is 3.96. The maximum absolute atomic E-state index is 12.9. The van der Waals surface area contributed by atoms with Crippen LogP contribution < -0.4 is 10.2 Å². The second kappa shape index (κ2) is 8.37. The van der Waals surface area contributed by atoms with E-state index in [1.165, 1.54) is 32.1 Å². The maximum atomic E-state index is 12.9. The number of pyridine rings is 2. The molecule has 1 N–H and O–H groups in total. The fraction of sp³-hybridized carbons (Fsp3) is 0.476. The minimum atomic E-state index is 0.0166. The van der Waals surface area contributed by atoms with E-state index in [1.807, 2.05) is 41.4 Å². The van der Waals surface area contributed by atoms with Crippen molar-refractivity contribution in [1.29, 1.82) is 0 Å². The fourth-order valence-electron chi connectivity index (χ4n) is 3.96. The molecule has 1 amide bonds. The van der Waals surface area contributed by atoms with Gasteiger partial charge in [0.15, 0.2) is 0 Å². The monoisotopic (exact) mass is 365 g/mol. The van der Waals surface area contributed by atoms with Crippen LogP contribution in [0.15, 0.2) is 42.7 Å². The van der Waals surface area contributed by atoms with Crippen molar-refractivity contribution in [2.45, 2.75) is 38.1 Å². The van der Waals surface area contributed by atoms with Crippen molar-refractivity contribution in [3.63, 3.8) is 0 Å². The molecule has 1 aliphatic heterocycles. The summed E-state index contributed by atoms with van der Waals surface area (Å²) in [6.07, 6.45) is 9.87. The number of amides is 1. The van der Waals surface area contributed by atoms with Gasteiger partial charge in [-0.15, -0.1) is 0 Å². The third kappa shape index (κ3) is 4.38. The lowest BCUT2D eigenvalue weighted by Gasteiger charge is -2.35. The molecule has 1 saturated carbocycles. The smallest absolute Gasteiger partial charge is 0.272 e. The Balaban J connectivity index is 1.36. The molecule has 0 atom stereocenters. The average molecular weight is 365 g/mol. The number of aromatic nitrogens is 2. The van der Waals surface area contributed by atoms with Crippen molar-refractivity contribution in [3.8, 4) is 0 Å². The number of carbonyl (C=O) groups excluding carboxylic acids is 1. The Bertz CT molecular complexity index is 752. The number of rotatable bonds is 4. The van der Waals surface area contributed by atoms with Gasteiger partial charge in [0.1, 0.15) is 11.5 Å². The first-order valence-electron chi connectivity index (χ1n) is 9.97. The Morgan fingerprint density at radius 3 is 2.52 bits per heavy atom. The lowest BCUT2D eigenvalue weighted by Crippen LogP contribution is -2.49. The van der Waals surface area contributed by atoms with Crippen molar-refractivity contribution >= 4 is 17.4 Å². The second-order valence-electron chi connectivity index (χ2n) is 7.38. The summed E-state index contributed by atoms with van der Waals surface area (Å²) in [5.41, 5.74) is 1.54. The van der Waals surface area contributed by atoms with Crippen molar-refractivity contribution in [1.82, 2.24) is 14.9 Å². The number of hydrogen-bond acceptors (Lipinski definition) is 5. The van der Waals surface area contributed by atoms with E-state index in [1.54, 1.807) is 6.20 Å². The summed E-state index contributed by atoms with van der Waals surface area (Å²) >= 11 is 0. The zero-order chi connectivity index (χ0) is 18.5. The van der Waals surface area contributed by atoms with Crippen molar-refractivity contribution in [2.24, 2.45) is 0 Å². The van der Waals surface area contributed by atoms with E-state index in [0.29, 0.717) is 24.8 Å². The quantitative estimate of drug-likeness (QED) is 0.902. The molecule has 0 bridgehead atoms. The molecule has 2 fully saturated rings. The highest BCUT2D eigenvalue weighted by Crippen LogP contribution is 2.22. The van der Waals surface area contributed by atoms with Crippen LogP contribution in [0.4, 0.5) is 11.5 Å². The SMILES string of the molecule is O=C(c1cc(NC2CCCCC2)ccn1)N1CCN(c2ccccn2)CC1. The van der Waals surface area contributed by atoms with Gasteiger partial charge in [-0.3, -0.25) is 9.78 Å². The predicted octanol–water partition coefficient (Wildman–Crippen LogP) is 3.18. The Labute approximate surface area is 160 Å². The minimum Gasteiger partial charge on any atom is -0.382 e.